The lowest BCUT2D eigenvalue weighted by Gasteiger charge is -2.13. The molecule has 150 valence electrons. The predicted octanol–water partition coefficient (Wildman–Crippen LogP) is 4.62. The molecule has 0 heterocycles. The van der Waals surface area contributed by atoms with E-state index in [2.05, 4.69) is 5.32 Å². The Balaban J connectivity index is 1.78. The van der Waals surface area contributed by atoms with Gasteiger partial charge in [0, 0.05) is 9.24 Å². The van der Waals surface area contributed by atoms with Crippen molar-refractivity contribution in [2.45, 2.75) is 25.9 Å². The van der Waals surface area contributed by atoms with Gasteiger partial charge in [-0.15, -0.1) is 0 Å². The van der Waals surface area contributed by atoms with Gasteiger partial charge in [0.15, 0.2) is 0 Å². The zero-order valence-electron chi connectivity index (χ0n) is 22.1. The van der Waals surface area contributed by atoms with Crippen LogP contribution in [0, 0.1) is 6.92 Å². The van der Waals surface area contributed by atoms with Crippen LogP contribution in [-0.4, -0.2) is 29.2 Å². The molecule has 29 heavy (non-hydrogen) atoms. The molecule has 3 aromatic rings. The normalized spacial score (nSPS) is 15.4. The van der Waals surface area contributed by atoms with E-state index in [9.17, 15) is 15.0 Å². The molecular formula is C25H27NO3. The summed E-state index contributed by atoms with van der Waals surface area (Å²) in [5.74, 6) is -1.15. The Bertz CT molecular complexity index is 1250. The first-order valence-corrected chi connectivity index (χ1v) is 9.36. The third kappa shape index (κ3) is 6.01. The van der Waals surface area contributed by atoms with Gasteiger partial charge < -0.3 is 15.5 Å². The molecule has 0 unspecified atom stereocenters. The van der Waals surface area contributed by atoms with E-state index in [4.69, 9.17) is 8.22 Å². The number of aromatic carboxylic acids is 1. The third-order valence-corrected chi connectivity index (χ3v) is 4.40. The van der Waals surface area contributed by atoms with Crippen LogP contribution in [0.15, 0.2) is 72.7 Å². The number of aliphatic hydroxyl groups is 1. The number of hydrogen-bond acceptors (Lipinski definition) is 3. The molecule has 0 aliphatic heterocycles. The fourth-order valence-electron chi connectivity index (χ4n) is 2.91. The summed E-state index contributed by atoms with van der Waals surface area (Å²) >= 11 is 0. The number of aryl methyl sites for hydroxylation is 1. The van der Waals surface area contributed by atoms with Crippen molar-refractivity contribution >= 4 is 5.97 Å². The zero-order valence-corrected chi connectivity index (χ0v) is 16.1. The summed E-state index contributed by atoms with van der Waals surface area (Å²) in [4.78, 5) is 11.3. The number of carboxylic acid groups (broad SMARTS) is 1. The van der Waals surface area contributed by atoms with Gasteiger partial charge in [0.1, 0.15) is 0 Å². The molecular weight excluding hydrogens is 362 g/mol. The van der Waals surface area contributed by atoms with E-state index < -0.39 is 18.6 Å². The maximum atomic E-state index is 11.3. The SMILES string of the molecule is [2H]c1c([2H])c(CCCNC([2H])([2H])[C@H](O)c2cccc(C)c2)c([2H])c(-c2cccc(C(=O)O)c2)c1[2H]. The summed E-state index contributed by atoms with van der Waals surface area (Å²) in [5.41, 5.74) is 1.96. The largest absolute Gasteiger partial charge is 0.478 e. The second-order valence-corrected chi connectivity index (χ2v) is 6.73. The number of nitrogens with one attached hydrogen (secondary N) is 1. The fourth-order valence-corrected chi connectivity index (χ4v) is 2.91. The summed E-state index contributed by atoms with van der Waals surface area (Å²) in [5, 5.41) is 22.4. The van der Waals surface area contributed by atoms with Gasteiger partial charge in [0.25, 0.3) is 0 Å². The van der Waals surface area contributed by atoms with Gasteiger partial charge in [-0.2, -0.15) is 0 Å². The Hall–Kier alpha value is -2.95. The lowest BCUT2D eigenvalue weighted by Crippen LogP contribution is -2.22. The van der Waals surface area contributed by atoms with Crippen molar-refractivity contribution in [3.63, 3.8) is 0 Å². The standard InChI is InChI=1S/C25H27NO3/c1-18-6-2-11-22(14-18)24(27)17-26-13-5-8-19-7-3-9-20(15-19)21-10-4-12-23(16-21)25(28)29/h2-4,6-7,9-12,14-16,24,26-27H,5,8,13,17H2,1H3,(H,28,29)/t24-/m0/s1/i3D,7D,9D,15D,17D2. The first-order valence-electron chi connectivity index (χ1n) is 12.4. The summed E-state index contributed by atoms with van der Waals surface area (Å²) in [6.45, 7) is -0.130. The second kappa shape index (κ2) is 10.0. The van der Waals surface area contributed by atoms with Crippen molar-refractivity contribution in [2.75, 3.05) is 13.0 Å². The molecule has 4 nitrogen and oxygen atoms in total. The van der Waals surface area contributed by atoms with E-state index in [-0.39, 0.29) is 53.8 Å². The van der Waals surface area contributed by atoms with Crippen molar-refractivity contribution in [3.05, 3.63) is 95.0 Å². The molecule has 0 radical (unpaired) electrons. The van der Waals surface area contributed by atoms with Crippen LogP contribution in [0.5, 0.6) is 0 Å². The molecule has 3 aromatic carbocycles. The number of carboxylic acids is 1. The number of rotatable bonds is 9. The van der Waals surface area contributed by atoms with E-state index in [1.165, 1.54) is 18.2 Å². The molecule has 3 N–H and O–H groups in total. The van der Waals surface area contributed by atoms with E-state index in [0.717, 1.165) is 5.56 Å². The first-order chi connectivity index (χ1) is 16.4. The highest BCUT2D eigenvalue weighted by molar-refractivity contribution is 5.89. The van der Waals surface area contributed by atoms with Crippen LogP contribution in [0.2, 0.25) is 0 Å². The molecule has 0 saturated carbocycles. The minimum Gasteiger partial charge on any atom is -0.478 e. The average Bonchev–Trinajstić information content (AvgIpc) is 2.82. The van der Waals surface area contributed by atoms with Crippen LogP contribution in [0.4, 0.5) is 0 Å². The summed E-state index contributed by atoms with van der Waals surface area (Å²) < 4.78 is 49.7. The van der Waals surface area contributed by atoms with Crippen molar-refractivity contribution in [3.8, 4) is 11.1 Å². The summed E-state index contributed by atoms with van der Waals surface area (Å²) in [6.07, 6.45) is -0.918. The van der Waals surface area contributed by atoms with Gasteiger partial charge in [-0.3, -0.25) is 0 Å². The van der Waals surface area contributed by atoms with Crippen molar-refractivity contribution < 1.29 is 23.2 Å². The Morgan fingerprint density at radius 2 is 2.00 bits per heavy atom. The molecule has 1 atom stereocenters. The highest BCUT2D eigenvalue weighted by Gasteiger charge is 2.07. The lowest BCUT2D eigenvalue weighted by atomic mass is 9.99. The molecule has 0 amide bonds. The van der Waals surface area contributed by atoms with Gasteiger partial charge in [-0.05, 0) is 60.7 Å². The molecule has 0 aliphatic carbocycles. The smallest absolute Gasteiger partial charge is 0.335 e. The average molecular weight is 396 g/mol. The van der Waals surface area contributed by atoms with Crippen LogP contribution >= 0.6 is 0 Å². The predicted molar refractivity (Wildman–Crippen MR) is 116 cm³/mol. The minimum atomic E-state index is -2.12. The monoisotopic (exact) mass is 395 g/mol. The highest BCUT2D eigenvalue weighted by atomic mass is 16.4. The van der Waals surface area contributed by atoms with Crippen molar-refractivity contribution in [1.82, 2.24) is 5.32 Å². The number of carbonyl (C=O) groups is 1. The van der Waals surface area contributed by atoms with Gasteiger partial charge in [-0.1, -0.05) is 66.1 Å². The molecule has 0 aliphatic rings. The molecule has 0 aromatic heterocycles. The topological polar surface area (TPSA) is 69.6 Å². The van der Waals surface area contributed by atoms with Crippen LogP contribution in [0.3, 0.4) is 0 Å². The van der Waals surface area contributed by atoms with Gasteiger partial charge in [0.05, 0.1) is 17.2 Å². The van der Waals surface area contributed by atoms with Crippen LogP contribution in [0.25, 0.3) is 11.1 Å². The number of hydrogen-bond donors (Lipinski definition) is 3. The van der Waals surface area contributed by atoms with Crippen molar-refractivity contribution in [2.24, 2.45) is 0 Å². The molecule has 0 spiro atoms. The molecule has 4 heteroatoms. The molecule has 0 fully saturated rings. The Kier molecular flexibility index (Phi) is 4.87. The van der Waals surface area contributed by atoms with E-state index in [1.54, 1.807) is 24.3 Å². The third-order valence-electron chi connectivity index (χ3n) is 4.40. The van der Waals surface area contributed by atoms with E-state index >= 15 is 0 Å². The maximum Gasteiger partial charge on any atom is 0.335 e. The van der Waals surface area contributed by atoms with E-state index in [1.807, 2.05) is 13.0 Å². The number of aliphatic hydroxyl groups excluding tert-OH is 1. The lowest BCUT2D eigenvalue weighted by molar-refractivity contribution is 0.0697. The molecule has 0 bridgehead atoms. The second-order valence-electron chi connectivity index (χ2n) is 6.73. The van der Waals surface area contributed by atoms with Crippen LogP contribution < -0.4 is 5.32 Å². The quantitative estimate of drug-likeness (QED) is 0.463. The zero-order chi connectivity index (χ0) is 25.9. The first kappa shape index (κ1) is 14.1. The Morgan fingerprint density at radius 3 is 2.79 bits per heavy atom. The van der Waals surface area contributed by atoms with Gasteiger partial charge >= 0.3 is 5.97 Å². The highest BCUT2D eigenvalue weighted by Crippen LogP contribution is 2.22. The Labute approximate surface area is 180 Å². The molecule has 0 saturated heterocycles. The van der Waals surface area contributed by atoms with Gasteiger partial charge in [0.2, 0.25) is 0 Å². The summed E-state index contributed by atoms with van der Waals surface area (Å²) in [7, 11) is 0. The maximum absolute atomic E-state index is 11.3. The van der Waals surface area contributed by atoms with Crippen molar-refractivity contribution in [1.29, 1.82) is 0 Å². The van der Waals surface area contributed by atoms with Crippen LogP contribution in [-0.2, 0) is 6.42 Å². The minimum absolute atomic E-state index is 0.0112. The number of benzene rings is 3. The van der Waals surface area contributed by atoms with E-state index in [0.29, 0.717) is 17.5 Å². The van der Waals surface area contributed by atoms with Gasteiger partial charge in [-0.25, -0.2) is 4.79 Å². The fraction of sp³-hybridized carbons (Fsp3) is 0.240. The summed E-state index contributed by atoms with van der Waals surface area (Å²) in [6, 6.07) is 11.7. The van der Waals surface area contributed by atoms with Crippen LogP contribution in [0.1, 0.15) is 47.8 Å². The Morgan fingerprint density at radius 1 is 1.17 bits per heavy atom. The molecule has 3 rings (SSSR count).